The maximum absolute atomic E-state index is 13.0. The van der Waals surface area contributed by atoms with Crippen LogP contribution in [0, 0.1) is 0 Å². The minimum atomic E-state index is -1.10. The number of hydrogen-bond acceptors (Lipinski definition) is 10. The fraction of sp³-hybridized carbons (Fsp3) is 0.529. The molecule has 0 radical (unpaired) electrons. The van der Waals surface area contributed by atoms with Crippen LogP contribution >= 0.6 is 23.1 Å². The fourth-order valence-electron chi connectivity index (χ4n) is 3.74. The molecule has 0 bridgehead atoms. The molecule has 31 heavy (non-hydrogen) atoms. The van der Waals surface area contributed by atoms with Crippen molar-refractivity contribution < 1.29 is 29.1 Å². The largest absolute Gasteiger partial charge is 0.480 e. The van der Waals surface area contributed by atoms with Crippen molar-refractivity contribution in [2.75, 3.05) is 12.3 Å². The zero-order valence-electron chi connectivity index (χ0n) is 16.5. The highest BCUT2D eigenvalue weighted by molar-refractivity contribution is 8.01. The smallest absolute Gasteiger partial charge is 0.327 e. The normalized spacial score (nSPS) is 29.2. The average Bonchev–Trinajstić information content (AvgIpc) is 3.36. The topological polar surface area (TPSA) is 176 Å². The molecule has 5 N–H and O–H groups in total. The molecule has 14 heteroatoms. The molecule has 4 heterocycles. The third kappa shape index (κ3) is 3.69. The lowest BCUT2D eigenvalue weighted by Gasteiger charge is -2.43. The summed E-state index contributed by atoms with van der Waals surface area (Å²) in [5, 5.41) is 19.7. The van der Waals surface area contributed by atoms with Crippen LogP contribution in [0.25, 0.3) is 0 Å². The summed E-state index contributed by atoms with van der Waals surface area (Å²) in [5.41, 5.74) is 5.57. The summed E-state index contributed by atoms with van der Waals surface area (Å²) < 4.78 is -0.717. The van der Waals surface area contributed by atoms with Crippen molar-refractivity contribution in [1.29, 1.82) is 0 Å². The molecule has 3 amide bonds. The van der Waals surface area contributed by atoms with Crippen molar-refractivity contribution in [2.24, 2.45) is 5.16 Å². The first-order valence-electron chi connectivity index (χ1n) is 9.36. The minimum Gasteiger partial charge on any atom is -0.480 e. The van der Waals surface area contributed by atoms with E-state index in [0.29, 0.717) is 13.0 Å². The Morgan fingerprint density at radius 3 is 2.77 bits per heavy atom. The number of oxime groups is 1. The van der Waals surface area contributed by atoms with Crippen LogP contribution in [-0.4, -0.2) is 79.2 Å². The molecule has 1 aromatic heterocycles. The Hall–Kier alpha value is -2.87. The van der Waals surface area contributed by atoms with Crippen molar-refractivity contribution in [3.8, 4) is 0 Å². The number of hydrogen-bond donors (Lipinski definition) is 4. The zero-order chi connectivity index (χ0) is 22.5. The number of carboxylic acid groups (broad SMARTS) is 1. The molecule has 0 saturated carbocycles. The van der Waals surface area contributed by atoms with E-state index in [1.54, 1.807) is 13.8 Å². The Balaban J connectivity index is 1.53. The summed E-state index contributed by atoms with van der Waals surface area (Å²) >= 11 is 2.40. The van der Waals surface area contributed by atoms with Gasteiger partial charge in [-0.1, -0.05) is 5.16 Å². The number of fused-ring (bicyclic) bond motifs is 1. The van der Waals surface area contributed by atoms with E-state index >= 15 is 0 Å². The highest BCUT2D eigenvalue weighted by Gasteiger charge is 2.64. The van der Waals surface area contributed by atoms with Crippen LogP contribution in [0.15, 0.2) is 10.5 Å². The van der Waals surface area contributed by atoms with Crippen molar-refractivity contribution in [3.05, 3.63) is 11.1 Å². The summed E-state index contributed by atoms with van der Waals surface area (Å²) in [6.07, 6.45) is -0.432. The number of amides is 3. The lowest BCUT2D eigenvalue weighted by atomic mass is 9.96. The van der Waals surface area contributed by atoms with Gasteiger partial charge < -0.3 is 31.2 Å². The summed E-state index contributed by atoms with van der Waals surface area (Å²) in [4.78, 5) is 59.5. The second kappa shape index (κ2) is 7.67. The SMILES string of the molecule is CC1(C)S[C@@H]2[C@@H](NC(=O)/C(=N\OC3CCNC3=O)c3csc(N)n3)C(=O)N2[C@H]1C(=O)O. The number of nitrogen functional groups attached to an aromatic ring is 1. The molecular weight excluding hydrogens is 448 g/mol. The Morgan fingerprint density at radius 2 is 2.19 bits per heavy atom. The molecule has 3 saturated heterocycles. The number of nitrogens with one attached hydrogen (secondary N) is 2. The van der Waals surface area contributed by atoms with Crippen LogP contribution in [0.1, 0.15) is 26.0 Å². The van der Waals surface area contributed by atoms with E-state index < -0.39 is 46.1 Å². The average molecular weight is 469 g/mol. The number of aromatic nitrogens is 1. The fourth-order valence-corrected chi connectivity index (χ4v) is 5.92. The highest BCUT2D eigenvalue weighted by Crippen LogP contribution is 2.50. The van der Waals surface area contributed by atoms with Crippen LogP contribution in [0.3, 0.4) is 0 Å². The van der Waals surface area contributed by atoms with Crippen LogP contribution in [-0.2, 0) is 24.0 Å². The quantitative estimate of drug-likeness (QED) is 0.231. The second-order valence-electron chi connectivity index (χ2n) is 7.73. The van der Waals surface area contributed by atoms with Gasteiger partial charge in [0, 0.05) is 23.1 Å². The number of thiazole rings is 1. The number of carboxylic acids is 1. The van der Waals surface area contributed by atoms with Gasteiger partial charge in [0.1, 0.15) is 23.2 Å². The molecule has 3 fully saturated rings. The number of aliphatic carboxylic acids is 1. The van der Waals surface area contributed by atoms with E-state index in [1.165, 1.54) is 22.0 Å². The van der Waals surface area contributed by atoms with E-state index in [4.69, 9.17) is 10.6 Å². The molecular formula is C17H20N6O6S2. The number of nitrogens with zero attached hydrogens (tertiary/aromatic N) is 3. The first-order chi connectivity index (χ1) is 14.6. The van der Waals surface area contributed by atoms with Gasteiger partial charge in [-0.05, 0) is 13.8 Å². The highest BCUT2D eigenvalue weighted by atomic mass is 32.2. The van der Waals surface area contributed by atoms with Gasteiger partial charge in [-0.3, -0.25) is 14.4 Å². The lowest BCUT2D eigenvalue weighted by molar-refractivity contribution is -0.160. The second-order valence-corrected chi connectivity index (χ2v) is 10.4. The van der Waals surface area contributed by atoms with E-state index in [-0.39, 0.29) is 22.4 Å². The van der Waals surface area contributed by atoms with E-state index in [1.807, 2.05) is 0 Å². The van der Waals surface area contributed by atoms with Gasteiger partial charge in [-0.25, -0.2) is 9.78 Å². The molecule has 0 spiro atoms. The molecule has 1 unspecified atom stereocenters. The van der Waals surface area contributed by atoms with Crippen molar-refractivity contribution in [1.82, 2.24) is 20.5 Å². The Labute approximate surface area is 184 Å². The van der Waals surface area contributed by atoms with E-state index in [9.17, 15) is 24.3 Å². The molecule has 4 atom stereocenters. The van der Waals surface area contributed by atoms with Crippen LogP contribution < -0.4 is 16.4 Å². The van der Waals surface area contributed by atoms with Crippen LogP contribution in [0.5, 0.6) is 0 Å². The number of anilines is 1. The van der Waals surface area contributed by atoms with Gasteiger partial charge in [-0.15, -0.1) is 23.1 Å². The molecule has 4 rings (SSSR count). The first-order valence-corrected chi connectivity index (χ1v) is 11.1. The first kappa shape index (κ1) is 21.4. The Bertz CT molecular complexity index is 994. The minimum absolute atomic E-state index is 0.143. The number of carbonyl (C=O) groups excluding carboxylic acids is 3. The number of nitrogens with two attached hydrogens (primary N) is 1. The number of thioether (sulfide) groups is 1. The Morgan fingerprint density at radius 1 is 1.45 bits per heavy atom. The summed E-state index contributed by atoms with van der Waals surface area (Å²) in [5.74, 6) is -2.66. The van der Waals surface area contributed by atoms with Crippen LogP contribution in [0.2, 0.25) is 0 Å². The molecule has 3 aliphatic heterocycles. The van der Waals surface area contributed by atoms with Crippen LogP contribution in [0.4, 0.5) is 5.13 Å². The predicted molar refractivity (Wildman–Crippen MR) is 111 cm³/mol. The van der Waals surface area contributed by atoms with Crippen molar-refractivity contribution >= 4 is 57.6 Å². The predicted octanol–water partition coefficient (Wildman–Crippen LogP) is -1.03. The number of carbonyl (C=O) groups is 4. The third-order valence-corrected chi connectivity index (χ3v) is 7.46. The maximum Gasteiger partial charge on any atom is 0.327 e. The standard InChI is InChI=1S/C17H20N6O6S2/c1-17(2)10(15(27)28)23-13(26)9(14(23)31-17)21-12(25)8(6-5-30-16(18)20-6)22-29-7-3-4-19-11(7)24/h5,7,9-10,14H,3-4H2,1-2H3,(H2,18,20)(H,19,24)(H,21,25)(H,27,28)/b22-8-/t7?,9-,10-,14+/m0/s1. The van der Waals surface area contributed by atoms with E-state index in [2.05, 4.69) is 20.8 Å². The van der Waals surface area contributed by atoms with Gasteiger partial charge in [0.15, 0.2) is 10.8 Å². The van der Waals surface area contributed by atoms with Crippen molar-refractivity contribution in [3.63, 3.8) is 0 Å². The van der Waals surface area contributed by atoms with Crippen molar-refractivity contribution in [2.45, 2.75) is 48.6 Å². The Kier molecular flexibility index (Phi) is 5.29. The lowest BCUT2D eigenvalue weighted by Crippen LogP contribution is -2.71. The molecule has 3 aliphatic rings. The van der Waals surface area contributed by atoms with Gasteiger partial charge in [0.2, 0.25) is 12.0 Å². The monoisotopic (exact) mass is 468 g/mol. The van der Waals surface area contributed by atoms with Gasteiger partial charge >= 0.3 is 5.97 Å². The van der Waals surface area contributed by atoms with Gasteiger partial charge in [-0.2, -0.15) is 0 Å². The number of rotatable bonds is 6. The third-order valence-electron chi connectivity index (χ3n) is 5.21. The molecule has 1 aromatic rings. The summed E-state index contributed by atoms with van der Waals surface area (Å²) in [6.45, 7) is 3.93. The molecule has 12 nitrogen and oxygen atoms in total. The zero-order valence-corrected chi connectivity index (χ0v) is 18.2. The van der Waals surface area contributed by atoms with Gasteiger partial charge in [0.25, 0.3) is 11.8 Å². The van der Waals surface area contributed by atoms with E-state index in [0.717, 1.165) is 11.3 Å². The molecule has 0 aromatic carbocycles. The summed E-state index contributed by atoms with van der Waals surface area (Å²) in [6, 6.07) is -1.91. The molecule has 166 valence electrons. The van der Waals surface area contributed by atoms with Gasteiger partial charge in [0.05, 0.1) is 0 Å². The molecule has 0 aliphatic carbocycles. The number of β-lactam (4-membered cyclic amide) rings is 1. The maximum atomic E-state index is 13.0. The summed E-state index contributed by atoms with van der Waals surface area (Å²) in [7, 11) is 0.